The number of carbonyl (C=O) groups is 1. The maximum absolute atomic E-state index is 12.2. The first-order chi connectivity index (χ1) is 11.2. The van der Waals surface area contributed by atoms with E-state index in [4.69, 9.17) is 4.74 Å². The van der Waals surface area contributed by atoms with E-state index in [1.54, 1.807) is 25.3 Å². The Bertz CT molecular complexity index is 894. The number of phenols is 1. The summed E-state index contributed by atoms with van der Waals surface area (Å²) in [5, 5.41) is 11.5. The SMILES string of the molecule is COc1ccc(/C=C/C(=O)c2cccc(O)c2)c2ccccc12. The van der Waals surface area contributed by atoms with Gasteiger partial charge in [0.1, 0.15) is 11.5 Å². The molecule has 0 radical (unpaired) electrons. The molecule has 0 aliphatic carbocycles. The fraction of sp³-hybridized carbons (Fsp3) is 0.0500. The topological polar surface area (TPSA) is 46.5 Å². The van der Waals surface area contributed by atoms with Gasteiger partial charge >= 0.3 is 0 Å². The first-order valence-electron chi connectivity index (χ1n) is 7.26. The highest BCUT2D eigenvalue weighted by molar-refractivity contribution is 6.08. The van der Waals surface area contributed by atoms with Gasteiger partial charge in [0.25, 0.3) is 0 Å². The van der Waals surface area contributed by atoms with Crippen molar-refractivity contribution in [2.45, 2.75) is 0 Å². The zero-order valence-corrected chi connectivity index (χ0v) is 12.7. The summed E-state index contributed by atoms with van der Waals surface area (Å²) in [5.74, 6) is 0.733. The number of hydrogen-bond acceptors (Lipinski definition) is 3. The molecule has 0 saturated carbocycles. The number of phenolic OH excluding ortho intramolecular Hbond substituents is 1. The van der Waals surface area contributed by atoms with Crippen LogP contribution < -0.4 is 4.74 Å². The van der Waals surface area contributed by atoms with Crippen LogP contribution in [0.25, 0.3) is 16.8 Å². The molecule has 0 saturated heterocycles. The third-order valence-corrected chi connectivity index (χ3v) is 3.68. The van der Waals surface area contributed by atoms with Crippen molar-refractivity contribution < 1.29 is 14.6 Å². The molecule has 1 N–H and O–H groups in total. The minimum absolute atomic E-state index is 0.0825. The highest BCUT2D eigenvalue weighted by atomic mass is 16.5. The maximum atomic E-state index is 12.2. The summed E-state index contributed by atoms with van der Waals surface area (Å²) >= 11 is 0. The van der Waals surface area contributed by atoms with Crippen molar-refractivity contribution in [3.05, 3.63) is 77.9 Å². The highest BCUT2D eigenvalue weighted by Gasteiger charge is 2.06. The Morgan fingerprint density at radius 3 is 2.52 bits per heavy atom. The molecule has 0 heterocycles. The van der Waals surface area contributed by atoms with Gasteiger partial charge in [-0.3, -0.25) is 4.79 Å². The van der Waals surface area contributed by atoms with Crippen molar-refractivity contribution in [2.75, 3.05) is 7.11 Å². The maximum Gasteiger partial charge on any atom is 0.185 e. The van der Waals surface area contributed by atoms with Gasteiger partial charge < -0.3 is 9.84 Å². The van der Waals surface area contributed by atoms with Gasteiger partial charge in [-0.15, -0.1) is 0 Å². The van der Waals surface area contributed by atoms with E-state index in [0.29, 0.717) is 5.56 Å². The van der Waals surface area contributed by atoms with Crippen LogP contribution in [0.4, 0.5) is 0 Å². The van der Waals surface area contributed by atoms with Crippen LogP contribution in [0.1, 0.15) is 15.9 Å². The van der Waals surface area contributed by atoms with Crippen LogP contribution in [-0.2, 0) is 0 Å². The normalized spacial score (nSPS) is 11.0. The van der Waals surface area contributed by atoms with Gasteiger partial charge in [0.15, 0.2) is 5.78 Å². The molecule has 0 bridgehead atoms. The molecule has 0 atom stereocenters. The van der Waals surface area contributed by atoms with Crippen LogP contribution in [0.5, 0.6) is 11.5 Å². The summed E-state index contributed by atoms with van der Waals surface area (Å²) < 4.78 is 5.37. The summed E-state index contributed by atoms with van der Waals surface area (Å²) in [6.07, 6.45) is 3.30. The first kappa shape index (κ1) is 14.9. The van der Waals surface area contributed by atoms with E-state index in [0.717, 1.165) is 22.1 Å². The van der Waals surface area contributed by atoms with Crippen molar-refractivity contribution in [2.24, 2.45) is 0 Å². The van der Waals surface area contributed by atoms with Crippen molar-refractivity contribution in [3.8, 4) is 11.5 Å². The number of allylic oxidation sites excluding steroid dienone is 1. The third-order valence-electron chi connectivity index (χ3n) is 3.68. The predicted molar refractivity (Wildman–Crippen MR) is 92.0 cm³/mol. The Morgan fingerprint density at radius 2 is 1.78 bits per heavy atom. The molecule has 0 aromatic heterocycles. The van der Waals surface area contributed by atoms with Crippen molar-refractivity contribution in [1.29, 1.82) is 0 Å². The second-order valence-electron chi connectivity index (χ2n) is 5.15. The van der Waals surface area contributed by atoms with E-state index in [1.807, 2.05) is 36.4 Å². The lowest BCUT2D eigenvalue weighted by atomic mass is 10.0. The van der Waals surface area contributed by atoms with E-state index in [-0.39, 0.29) is 11.5 Å². The molecule has 3 aromatic rings. The van der Waals surface area contributed by atoms with Gasteiger partial charge in [-0.1, -0.05) is 48.5 Å². The van der Waals surface area contributed by atoms with E-state index in [2.05, 4.69) is 0 Å². The van der Waals surface area contributed by atoms with Gasteiger partial charge in [-0.25, -0.2) is 0 Å². The highest BCUT2D eigenvalue weighted by Crippen LogP contribution is 2.29. The number of methoxy groups -OCH3 is 1. The second-order valence-corrected chi connectivity index (χ2v) is 5.15. The monoisotopic (exact) mass is 304 g/mol. The lowest BCUT2D eigenvalue weighted by Crippen LogP contribution is -1.93. The van der Waals surface area contributed by atoms with E-state index in [1.165, 1.54) is 18.2 Å². The van der Waals surface area contributed by atoms with E-state index in [9.17, 15) is 9.90 Å². The largest absolute Gasteiger partial charge is 0.508 e. The van der Waals surface area contributed by atoms with Crippen molar-refractivity contribution >= 4 is 22.6 Å². The number of carbonyl (C=O) groups excluding carboxylic acids is 1. The number of rotatable bonds is 4. The van der Waals surface area contributed by atoms with Gasteiger partial charge in [0, 0.05) is 10.9 Å². The quantitative estimate of drug-likeness (QED) is 0.572. The molecule has 0 aliphatic heterocycles. The fourth-order valence-electron chi connectivity index (χ4n) is 2.54. The van der Waals surface area contributed by atoms with E-state index < -0.39 is 0 Å². The van der Waals surface area contributed by atoms with Crippen LogP contribution in [0.15, 0.2) is 66.7 Å². The Hall–Kier alpha value is -3.07. The smallest absolute Gasteiger partial charge is 0.185 e. The van der Waals surface area contributed by atoms with E-state index >= 15 is 0 Å². The fourth-order valence-corrected chi connectivity index (χ4v) is 2.54. The van der Waals surface area contributed by atoms with Crippen LogP contribution in [0.2, 0.25) is 0 Å². The van der Waals surface area contributed by atoms with Crippen LogP contribution >= 0.6 is 0 Å². The molecule has 0 amide bonds. The molecule has 3 rings (SSSR count). The summed E-state index contributed by atoms with van der Waals surface area (Å²) in [6.45, 7) is 0. The average molecular weight is 304 g/mol. The molecule has 0 unspecified atom stereocenters. The van der Waals surface area contributed by atoms with Crippen LogP contribution in [0.3, 0.4) is 0 Å². The molecular formula is C20H16O3. The Labute approximate surface area is 134 Å². The van der Waals surface area contributed by atoms with Crippen LogP contribution in [-0.4, -0.2) is 18.0 Å². The summed E-state index contributed by atoms with van der Waals surface area (Å²) in [5.41, 5.74) is 1.40. The predicted octanol–water partition coefficient (Wildman–Crippen LogP) is 4.45. The number of hydrogen-bond donors (Lipinski definition) is 1. The molecule has 3 heteroatoms. The molecule has 23 heavy (non-hydrogen) atoms. The third kappa shape index (κ3) is 3.09. The minimum atomic E-state index is -0.152. The molecule has 0 fully saturated rings. The second kappa shape index (κ2) is 6.36. The molecule has 114 valence electrons. The minimum Gasteiger partial charge on any atom is -0.508 e. The molecule has 0 spiro atoms. The lowest BCUT2D eigenvalue weighted by Gasteiger charge is -2.07. The molecule has 0 aliphatic rings. The molecular weight excluding hydrogens is 288 g/mol. The number of aromatic hydroxyl groups is 1. The van der Waals surface area contributed by atoms with Crippen LogP contribution in [0, 0.1) is 0 Å². The Balaban J connectivity index is 1.97. The van der Waals surface area contributed by atoms with Gasteiger partial charge in [0.2, 0.25) is 0 Å². The Morgan fingerprint density at radius 1 is 1.00 bits per heavy atom. The number of ether oxygens (including phenoxy) is 1. The van der Waals surface area contributed by atoms with Gasteiger partial charge in [-0.05, 0) is 35.2 Å². The van der Waals surface area contributed by atoms with Gasteiger partial charge in [0.05, 0.1) is 7.11 Å². The average Bonchev–Trinajstić information content (AvgIpc) is 2.59. The zero-order chi connectivity index (χ0) is 16.2. The summed E-state index contributed by atoms with van der Waals surface area (Å²) in [4.78, 5) is 12.2. The number of ketones is 1. The summed E-state index contributed by atoms with van der Waals surface area (Å²) in [6, 6.07) is 18.0. The summed E-state index contributed by atoms with van der Waals surface area (Å²) in [7, 11) is 1.64. The van der Waals surface area contributed by atoms with Gasteiger partial charge in [-0.2, -0.15) is 0 Å². The standard InChI is InChI=1S/C20H16O3/c1-23-20-12-10-14(17-7-2-3-8-18(17)20)9-11-19(22)15-5-4-6-16(21)13-15/h2-13,21H,1H3/b11-9+. The lowest BCUT2D eigenvalue weighted by molar-refractivity contribution is 0.104. The molecule has 3 aromatic carbocycles. The van der Waals surface area contributed by atoms with Crippen molar-refractivity contribution in [3.63, 3.8) is 0 Å². The molecule has 3 nitrogen and oxygen atoms in total. The zero-order valence-electron chi connectivity index (χ0n) is 12.7. The van der Waals surface area contributed by atoms with Crippen molar-refractivity contribution in [1.82, 2.24) is 0 Å². The Kier molecular flexibility index (Phi) is 4.11. The number of fused-ring (bicyclic) bond motifs is 1. The number of benzene rings is 3. The first-order valence-corrected chi connectivity index (χ1v) is 7.26.